The lowest BCUT2D eigenvalue weighted by molar-refractivity contribution is -0.128. The molecule has 1 saturated heterocycles. The van der Waals surface area contributed by atoms with Crippen LogP contribution in [0.2, 0.25) is 0 Å². The van der Waals surface area contributed by atoms with E-state index in [1.807, 2.05) is 44.2 Å². The maximum atomic E-state index is 12.8. The van der Waals surface area contributed by atoms with Crippen molar-refractivity contribution < 1.29 is 4.79 Å². The highest BCUT2D eigenvalue weighted by Crippen LogP contribution is 2.34. The molecule has 0 radical (unpaired) electrons. The Balaban J connectivity index is 2.21. The predicted molar refractivity (Wildman–Crippen MR) is 82.6 cm³/mol. The Labute approximate surface area is 126 Å². The van der Waals surface area contributed by atoms with Gasteiger partial charge < -0.3 is 10.6 Å². The first-order valence-electron chi connectivity index (χ1n) is 7.46. The summed E-state index contributed by atoms with van der Waals surface area (Å²) in [4.78, 5) is 12.8. The van der Waals surface area contributed by atoms with Crippen molar-refractivity contribution in [2.45, 2.75) is 32.1 Å². The third kappa shape index (κ3) is 3.43. The lowest BCUT2D eigenvalue weighted by Crippen LogP contribution is -2.52. The molecule has 0 atom stereocenters. The fraction of sp³-hybridized carbons (Fsp3) is 0.529. The van der Waals surface area contributed by atoms with Crippen LogP contribution in [-0.2, 0) is 10.2 Å². The Kier molecular flexibility index (Phi) is 4.64. The van der Waals surface area contributed by atoms with Crippen LogP contribution in [0.25, 0.3) is 0 Å². The van der Waals surface area contributed by atoms with Gasteiger partial charge in [0.25, 0.3) is 0 Å². The summed E-state index contributed by atoms with van der Waals surface area (Å²) in [5.74, 6) is 0.0403. The summed E-state index contributed by atoms with van der Waals surface area (Å²) < 4.78 is 0. The van der Waals surface area contributed by atoms with E-state index in [2.05, 4.69) is 16.7 Å². The molecule has 1 aliphatic rings. The van der Waals surface area contributed by atoms with Crippen molar-refractivity contribution in [3.8, 4) is 6.07 Å². The summed E-state index contributed by atoms with van der Waals surface area (Å²) in [6.45, 7) is 5.73. The third-order valence-electron chi connectivity index (χ3n) is 4.21. The van der Waals surface area contributed by atoms with Crippen molar-refractivity contribution in [2.24, 2.45) is 5.41 Å². The Morgan fingerprint density at radius 2 is 1.95 bits per heavy atom. The van der Waals surface area contributed by atoms with Gasteiger partial charge in [-0.05, 0) is 45.3 Å². The number of nitrogens with zero attached hydrogens (tertiary/aromatic N) is 1. The Morgan fingerprint density at radius 3 is 2.52 bits per heavy atom. The van der Waals surface area contributed by atoms with Gasteiger partial charge in [0.1, 0.15) is 0 Å². The van der Waals surface area contributed by atoms with E-state index in [9.17, 15) is 4.79 Å². The zero-order valence-corrected chi connectivity index (χ0v) is 12.8. The molecule has 0 aliphatic carbocycles. The molecular weight excluding hydrogens is 262 g/mol. The zero-order chi connectivity index (χ0) is 15.3. The molecule has 21 heavy (non-hydrogen) atoms. The van der Waals surface area contributed by atoms with E-state index in [0.29, 0.717) is 6.54 Å². The molecule has 0 unspecified atom stereocenters. The Hall–Kier alpha value is -1.86. The van der Waals surface area contributed by atoms with Crippen LogP contribution >= 0.6 is 0 Å². The van der Waals surface area contributed by atoms with Gasteiger partial charge in [0.2, 0.25) is 5.91 Å². The Morgan fingerprint density at radius 1 is 1.33 bits per heavy atom. The molecule has 0 spiro atoms. The van der Waals surface area contributed by atoms with E-state index in [-0.39, 0.29) is 5.91 Å². The molecule has 1 aromatic carbocycles. The maximum absolute atomic E-state index is 12.8. The topological polar surface area (TPSA) is 64.9 Å². The number of nitrogens with one attached hydrogen (secondary N) is 2. The molecule has 0 saturated carbocycles. The maximum Gasteiger partial charge on any atom is 0.230 e. The van der Waals surface area contributed by atoms with Crippen LogP contribution in [0.1, 0.15) is 32.3 Å². The van der Waals surface area contributed by atoms with E-state index in [4.69, 9.17) is 5.26 Å². The van der Waals surface area contributed by atoms with Gasteiger partial charge in [-0.1, -0.05) is 30.3 Å². The van der Waals surface area contributed by atoms with Gasteiger partial charge in [0.05, 0.1) is 16.9 Å². The fourth-order valence-electron chi connectivity index (χ4n) is 2.77. The smallest absolute Gasteiger partial charge is 0.230 e. The Bertz CT molecular complexity index is 525. The number of amides is 1. The second kappa shape index (κ2) is 6.28. The van der Waals surface area contributed by atoms with Crippen molar-refractivity contribution in [2.75, 3.05) is 19.6 Å². The number of nitriles is 1. The van der Waals surface area contributed by atoms with Crippen LogP contribution in [0.5, 0.6) is 0 Å². The number of hydrogen-bond donors (Lipinski definition) is 2. The van der Waals surface area contributed by atoms with Gasteiger partial charge in [-0.2, -0.15) is 5.26 Å². The molecule has 1 heterocycles. The lowest BCUT2D eigenvalue weighted by atomic mass is 9.72. The predicted octanol–water partition coefficient (Wildman–Crippen LogP) is 1.97. The third-order valence-corrected chi connectivity index (χ3v) is 4.21. The first kappa shape index (κ1) is 15.5. The summed E-state index contributed by atoms with van der Waals surface area (Å²) in [6.07, 6.45) is 1.58. The molecule has 1 aliphatic heterocycles. The summed E-state index contributed by atoms with van der Waals surface area (Å²) in [6, 6.07) is 12.2. The van der Waals surface area contributed by atoms with E-state index >= 15 is 0 Å². The van der Waals surface area contributed by atoms with Crippen molar-refractivity contribution >= 4 is 5.91 Å². The molecule has 1 amide bonds. The number of piperidine rings is 1. The normalized spacial score (nSPS) is 17.8. The van der Waals surface area contributed by atoms with E-state index < -0.39 is 10.8 Å². The van der Waals surface area contributed by atoms with E-state index in [1.165, 1.54) is 0 Å². The van der Waals surface area contributed by atoms with Crippen LogP contribution < -0.4 is 10.6 Å². The quantitative estimate of drug-likeness (QED) is 0.889. The van der Waals surface area contributed by atoms with Crippen LogP contribution in [-0.4, -0.2) is 25.5 Å². The molecule has 2 N–H and O–H groups in total. The minimum Gasteiger partial charge on any atom is -0.354 e. The van der Waals surface area contributed by atoms with Crippen molar-refractivity contribution in [1.82, 2.24) is 10.6 Å². The average Bonchev–Trinajstić information content (AvgIpc) is 2.54. The van der Waals surface area contributed by atoms with Crippen LogP contribution in [0.4, 0.5) is 0 Å². The molecule has 4 heteroatoms. The van der Waals surface area contributed by atoms with Gasteiger partial charge in [0, 0.05) is 6.54 Å². The number of benzene rings is 1. The van der Waals surface area contributed by atoms with E-state index in [1.54, 1.807) is 0 Å². The highest BCUT2D eigenvalue weighted by molar-refractivity contribution is 5.88. The number of rotatable bonds is 4. The molecule has 2 rings (SSSR count). The second-order valence-corrected chi connectivity index (χ2v) is 6.38. The van der Waals surface area contributed by atoms with E-state index in [0.717, 1.165) is 31.5 Å². The van der Waals surface area contributed by atoms with Gasteiger partial charge in [-0.3, -0.25) is 4.79 Å². The molecule has 0 bridgehead atoms. The van der Waals surface area contributed by atoms with Gasteiger partial charge >= 0.3 is 0 Å². The lowest BCUT2D eigenvalue weighted by Gasteiger charge is -2.37. The van der Waals surface area contributed by atoms with Crippen molar-refractivity contribution in [3.05, 3.63) is 35.9 Å². The molecule has 112 valence electrons. The van der Waals surface area contributed by atoms with Crippen molar-refractivity contribution in [3.63, 3.8) is 0 Å². The SMILES string of the molecule is CC(C)(C#N)CNC(=O)C1(c2ccccc2)CCNCC1. The molecular formula is C17H23N3O. The van der Waals surface area contributed by atoms with Gasteiger partial charge in [-0.25, -0.2) is 0 Å². The zero-order valence-electron chi connectivity index (χ0n) is 12.8. The number of carbonyl (C=O) groups is 1. The molecule has 1 fully saturated rings. The average molecular weight is 285 g/mol. The van der Waals surface area contributed by atoms with Gasteiger partial charge in [0.15, 0.2) is 0 Å². The highest BCUT2D eigenvalue weighted by Gasteiger charge is 2.41. The fourth-order valence-corrected chi connectivity index (χ4v) is 2.77. The molecule has 4 nitrogen and oxygen atoms in total. The minimum atomic E-state index is -0.541. The van der Waals surface area contributed by atoms with Crippen molar-refractivity contribution in [1.29, 1.82) is 5.26 Å². The minimum absolute atomic E-state index is 0.0403. The first-order chi connectivity index (χ1) is 10.0. The van der Waals surface area contributed by atoms with Crippen LogP contribution in [0, 0.1) is 16.7 Å². The van der Waals surface area contributed by atoms with Gasteiger partial charge in [-0.15, -0.1) is 0 Å². The van der Waals surface area contributed by atoms with Crippen LogP contribution in [0.3, 0.4) is 0 Å². The summed E-state index contributed by atoms with van der Waals surface area (Å²) >= 11 is 0. The second-order valence-electron chi connectivity index (χ2n) is 6.38. The number of hydrogen-bond acceptors (Lipinski definition) is 3. The highest BCUT2D eigenvalue weighted by atomic mass is 16.2. The standard InChI is InChI=1S/C17H23N3O/c1-16(2,12-18)13-20-15(21)17(8-10-19-11-9-17)14-6-4-3-5-7-14/h3-7,19H,8-11,13H2,1-2H3,(H,20,21). The first-order valence-corrected chi connectivity index (χ1v) is 7.46. The summed E-state index contributed by atoms with van der Waals surface area (Å²) in [5.41, 5.74) is 0.0529. The molecule has 0 aromatic heterocycles. The van der Waals surface area contributed by atoms with Crippen LogP contribution in [0.15, 0.2) is 30.3 Å². The summed E-state index contributed by atoms with van der Waals surface area (Å²) in [7, 11) is 0. The summed E-state index contributed by atoms with van der Waals surface area (Å²) in [5, 5.41) is 15.4. The largest absolute Gasteiger partial charge is 0.354 e. The monoisotopic (exact) mass is 285 g/mol. The number of carbonyl (C=O) groups excluding carboxylic acids is 1. The molecule has 1 aromatic rings.